The predicted octanol–water partition coefficient (Wildman–Crippen LogP) is 6.38. The van der Waals surface area contributed by atoms with Gasteiger partial charge in [-0.25, -0.2) is 9.18 Å². The normalized spacial score (nSPS) is 14.3. The number of amides is 3. The zero-order chi connectivity index (χ0) is 28.3. The first-order valence-electron chi connectivity index (χ1n) is 13.6. The molecule has 2 aromatic carbocycles. The van der Waals surface area contributed by atoms with Gasteiger partial charge in [0.05, 0.1) is 5.56 Å². The number of hydrogen-bond donors (Lipinski definition) is 1. The number of halogens is 4. The lowest BCUT2D eigenvalue weighted by atomic mass is 10.1. The van der Waals surface area contributed by atoms with Crippen LogP contribution >= 0.6 is 0 Å². The van der Waals surface area contributed by atoms with Gasteiger partial charge in [0.15, 0.2) is 0 Å². The minimum Gasteiger partial charge on any atom is -0.337 e. The van der Waals surface area contributed by atoms with E-state index >= 15 is 0 Å². The Morgan fingerprint density at radius 3 is 2.15 bits per heavy atom. The minimum atomic E-state index is -4.42. The third kappa shape index (κ3) is 10.2. The number of nitrogens with zero attached hydrogens (tertiary/aromatic N) is 3. The summed E-state index contributed by atoms with van der Waals surface area (Å²) in [6.45, 7) is 5.93. The maximum absolute atomic E-state index is 13.4. The SMILES string of the molecule is CCCCCCCC(=O)N(CCN1CCN(C(=O)Nc2ccc(C(F)(F)F)cc2)CC1)Cc1ccc(F)cc1. The molecule has 10 heteroatoms. The van der Waals surface area contributed by atoms with Crippen molar-refractivity contribution < 1.29 is 27.2 Å². The number of alkyl halides is 3. The molecule has 1 saturated heterocycles. The van der Waals surface area contributed by atoms with E-state index in [0.29, 0.717) is 57.9 Å². The van der Waals surface area contributed by atoms with E-state index in [1.54, 1.807) is 17.0 Å². The molecule has 0 bridgehead atoms. The number of urea groups is 1. The van der Waals surface area contributed by atoms with Crippen molar-refractivity contribution in [3.8, 4) is 0 Å². The van der Waals surface area contributed by atoms with Crippen molar-refractivity contribution in [2.45, 2.75) is 58.2 Å². The molecule has 0 aromatic heterocycles. The second-order valence-corrected chi connectivity index (χ2v) is 9.94. The van der Waals surface area contributed by atoms with E-state index in [2.05, 4.69) is 17.1 Å². The van der Waals surface area contributed by atoms with E-state index in [9.17, 15) is 27.2 Å². The fraction of sp³-hybridized carbons (Fsp3) is 0.517. The number of hydrogen-bond acceptors (Lipinski definition) is 3. The van der Waals surface area contributed by atoms with Crippen LogP contribution in [0.3, 0.4) is 0 Å². The smallest absolute Gasteiger partial charge is 0.337 e. The molecule has 1 N–H and O–H groups in total. The molecule has 0 atom stereocenters. The second-order valence-electron chi connectivity index (χ2n) is 9.94. The van der Waals surface area contributed by atoms with Gasteiger partial charge in [-0.15, -0.1) is 0 Å². The van der Waals surface area contributed by atoms with Gasteiger partial charge < -0.3 is 15.1 Å². The average molecular weight is 551 g/mol. The van der Waals surface area contributed by atoms with E-state index in [1.807, 2.05) is 4.90 Å². The van der Waals surface area contributed by atoms with Crippen LogP contribution in [-0.2, 0) is 17.5 Å². The summed E-state index contributed by atoms with van der Waals surface area (Å²) >= 11 is 0. The second kappa shape index (κ2) is 14.9. The van der Waals surface area contributed by atoms with Gasteiger partial charge in [-0.3, -0.25) is 9.69 Å². The molecule has 6 nitrogen and oxygen atoms in total. The van der Waals surface area contributed by atoms with E-state index < -0.39 is 11.7 Å². The van der Waals surface area contributed by atoms with Gasteiger partial charge in [-0.05, 0) is 48.4 Å². The highest BCUT2D eigenvalue weighted by Gasteiger charge is 2.30. The first-order valence-corrected chi connectivity index (χ1v) is 13.6. The highest BCUT2D eigenvalue weighted by atomic mass is 19.4. The molecule has 1 aliphatic rings. The summed E-state index contributed by atoms with van der Waals surface area (Å²) in [7, 11) is 0. The maximum atomic E-state index is 13.4. The fourth-order valence-electron chi connectivity index (χ4n) is 4.52. The van der Waals surface area contributed by atoms with Crippen molar-refractivity contribution in [2.24, 2.45) is 0 Å². The summed E-state index contributed by atoms with van der Waals surface area (Å²) in [6, 6.07) is 10.2. The molecule has 0 radical (unpaired) electrons. The molecular weight excluding hydrogens is 512 g/mol. The number of carbonyl (C=O) groups excluding carboxylic acids is 2. The zero-order valence-electron chi connectivity index (χ0n) is 22.5. The van der Waals surface area contributed by atoms with Crippen molar-refractivity contribution in [3.05, 3.63) is 65.5 Å². The van der Waals surface area contributed by atoms with E-state index in [4.69, 9.17) is 0 Å². The first-order chi connectivity index (χ1) is 18.7. The topological polar surface area (TPSA) is 55.9 Å². The Balaban J connectivity index is 1.47. The van der Waals surface area contributed by atoms with Crippen LogP contribution in [0.4, 0.5) is 28.0 Å². The van der Waals surface area contributed by atoms with Crippen molar-refractivity contribution in [1.29, 1.82) is 0 Å². The van der Waals surface area contributed by atoms with E-state index in [0.717, 1.165) is 43.4 Å². The van der Waals surface area contributed by atoms with Crippen LogP contribution in [0.1, 0.15) is 56.6 Å². The molecule has 0 unspecified atom stereocenters. The molecule has 2 aromatic rings. The first kappa shape index (κ1) is 30.4. The van der Waals surface area contributed by atoms with E-state index in [-0.39, 0.29) is 17.8 Å². The summed E-state index contributed by atoms with van der Waals surface area (Å²) < 4.78 is 51.6. The molecule has 1 heterocycles. The molecule has 0 aliphatic carbocycles. The van der Waals surface area contributed by atoms with Gasteiger partial charge in [0.1, 0.15) is 5.82 Å². The highest BCUT2D eigenvalue weighted by molar-refractivity contribution is 5.89. The molecule has 3 amide bonds. The van der Waals surface area contributed by atoms with E-state index in [1.165, 1.54) is 30.7 Å². The number of benzene rings is 2. The highest BCUT2D eigenvalue weighted by Crippen LogP contribution is 2.29. The molecule has 0 saturated carbocycles. The third-order valence-electron chi connectivity index (χ3n) is 6.94. The Morgan fingerprint density at radius 2 is 1.54 bits per heavy atom. The Morgan fingerprint density at radius 1 is 0.897 bits per heavy atom. The summed E-state index contributed by atoms with van der Waals surface area (Å²) in [5, 5.41) is 2.66. The fourth-order valence-corrected chi connectivity index (χ4v) is 4.52. The summed E-state index contributed by atoms with van der Waals surface area (Å²) in [5.41, 5.74) is 0.415. The van der Waals surface area contributed by atoms with Crippen molar-refractivity contribution in [3.63, 3.8) is 0 Å². The van der Waals surface area contributed by atoms with Crippen LogP contribution in [0, 0.1) is 5.82 Å². The number of carbonyl (C=O) groups is 2. The Hall–Kier alpha value is -3.14. The summed E-state index contributed by atoms with van der Waals surface area (Å²) in [5.74, 6) is -0.224. The van der Waals surface area contributed by atoms with Crippen LogP contribution in [0.15, 0.2) is 48.5 Å². The quantitative estimate of drug-likeness (QED) is 0.246. The van der Waals surface area contributed by atoms with Gasteiger partial charge >= 0.3 is 12.2 Å². The van der Waals surface area contributed by atoms with Crippen LogP contribution in [0.2, 0.25) is 0 Å². The monoisotopic (exact) mass is 550 g/mol. The van der Waals surface area contributed by atoms with Gasteiger partial charge in [0.2, 0.25) is 5.91 Å². The average Bonchev–Trinajstić information content (AvgIpc) is 2.92. The Labute approximate surface area is 228 Å². The molecule has 1 aliphatic heterocycles. The summed E-state index contributed by atoms with van der Waals surface area (Å²) in [4.78, 5) is 31.3. The maximum Gasteiger partial charge on any atom is 0.416 e. The Kier molecular flexibility index (Phi) is 11.6. The number of unbranched alkanes of at least 4 members (excludes halogenated alkanes) is 4. The van der Waals surface area contributed by atoms with Crippen LogP contribution in [0.25, 0.3) is 0 Å². The lowest BCUT2D eigenvalue weighted by Gasteiger charge is -2.36. The van der Waals surface area contributed by atoms with Crippen molar-refractivity contribution >= 4 is 17.6 Å². The van der Waals surface area contributed by atoms with Crippen LogP contribution in [0.5, 0.6) is 0 Å². The standard InChI is InChI=1S/C29H38F4N4O2/c1-2-3-4-5-6-7-27(38)37(22-23-8-12-25(30)13-9-23)21-18-35-16-19-36(20-17-35)28(39)34-26-14-10-24(11-15-26)29(31,32)33/h8-15H,2-7,16-22H2,1H3,(H,34,39). The number of nitrogens with one attached hydrogen (secondary N) is 1. The molecule has 3 rings (SSSR count). The lowest BCUT2D eigenvalue weighted by molar-refractivity contribution is -0.137. The lowest BCUT2D eigenvalue weighted by Crippen LogP contribution is -2.51. The van der Waals surface area contributed by atoms with Crippen molar-refractivity contribution in [1.82, 2.24) is 14.7 Å². The number of piperazine rings is 1. The molecule has 39 heavy (non-hydrogen) atoms. The predicted molar refractivity (Wildman–Crippen MR) is 144 cm³/mol. The van der Waals surface area contributed by atoms with Crippen LogP contribution in [-0.4, -0.2) is 65.9 Å². The van der Waals surface area contributed by atoms with Gasteiger partial charge in [-0.2, -0.15) is 13.2 Å². The zero-order valence-corrected chi connectivity index (χ0v) is 22.5. The van der Waals surface area contributed by atoms with Crippen LogP contribution < -0.4 is 5.32 Å². The molecule has 0 spiro atoms. The third-order valence-corrected chi connectivity index (χ3v) is 6.94. The van der Waals surface area contributed by atoms with Gasteiger partial charge in [0, 0.05) is 57.9 Å². The molecule has 214 valence electrons. The summed E-state index contributed by atoms with van der Waals surface area (Å²) in [6.07, 6.45) is 1.39. The van der Waals surface area contributed by atoms with Gasteiger partial charge in [-0.1, -0.05) is 44.7 Å². The van der Waals surface area contributed by atoms with Crippen molar-refractivity contribution in [2.75, 3.05) is 44.6 Å². The minimum absolute atomic E-state index is 0.0883. The number of anilines is 1. The largest absolute Gasteiger partial charge is 0.416 e. The van der Waals surface area contributed by atoms with Gasteiger partial charge in [0.25, 0.3) is 0 Å². The molecular formula is C29H38F4N4O2. The molecule has 1 fully saturated rings. The number of rotatable bonds is 12. The Bertz CT molecular complexity index is 1040.